The Kier molecular flexibility index (Phi) is 4.21. The van der Waals surface area contributed by atoms with Crippen molar-refractivity contribution < 1.29 is 9.32 Å². The zero-order valence-corrected chi connectivity index (χ0v) is 13.6. The van der Waals surface area contributed by atoms with Crippen LogP contribution in [0.2, 0.25) is 5.02 Å². The molecule has 5 nitrogen and oxygen atoms in total. The average Bonchev–Trinajstić information content (AvgIpc) is 2.94. The van der Waals surface area contributed by atoms with E-state index in [4.69, 9.17) is 16.1 Å². The van der Waals surface area contributed by atoms with Crippen molar-refractivity contribution in [1.82, 2.24) is 10.5 Å². The summed E-state index contributed by atoms with van der Waals surface area (Å²) in [6, 6.07) is 12.7. The van der Waals surface area contributed by atoms with Crippen molar-refractivity contribution in [3.8, 4) is 0 Å². The minimum Gasteiger partial charge on any atom is -0.356 e. The van der Waals surface area contributed by atoms with Crippen LogP contribution in [0.25, 0.3) is 11.0 Å². The van der Waals surface area contributed by atoms with Gasteiger partial charge in [-0.25, -0.2) is 4.79 Å². The van der Waals surface area contributed by atoms with Gasteiger partial charge in [-0.05, 0) is 31.2 Å². The van der Waals surface area contributed by atoms with Crippen molar-refractivity contribution in [2.75, 3.05) is 11.9 Å². The normalized spacial score (nSPS) is 10.7. The van der Waals surface area contributed by atoms with Crippen molar-refractivity contribution in [2.24, 2.45) is 0 Å². The van der Waals surface area contributed by atoms with Gasteiger partial charge in [-0.2, -0.15) is 0 Å². The Morgan fingerprint density at radius 2 is 2.09 bits per heavy atom. The topological polar surface area (TPSA) is 58.4 Å². The molecule has 1 N–H and O–H groups in total. The van der Waals surface area contributed by atoms with Crippen molar-refractivity contribution in [2.45, 2.75) is 13.5 Å². The number of anilines is 1. The van der Waals surface area contributed by atoms with Crippen LogP contribution in [-0.4, -0.2) is 18.2 Å². The lowest BCUT2D eigenvalue weighted by molar-refractivity contribution is 0.247. The molecule has 0 fully saturated rings. The van der Waals surface area contributed by atoms with Gasteiger partial charge in [0.1, 0.15) is 5.69 Å². The second kappa shape index (κ2) is 6.30. The van der Waals surface area contributed by atoms with Crippen molar-refractivity contribution in [3.63, 3.8) is 0 Å². The van der Waals surface area contributed by atoms with Crippen LogP contribution in [-0.2, 0) is 6.54 Å². The molecule has 0 saturated heterocycles. The van der Waals surface area contributed by atoms with Gasteiger partial charge in [-0.1, -0.05) is 40.5 Å². The summed E-state index contributed by atoms with van der Waals surface area (Å²) in [6.07, 6.45) is 0. The number of benzene rings is 2. The first-order valence-corrected chi connectivity index (χ1v) is 7.55. The summed E-state index contributed by atoms with van der Waals surface area (Å²) >= 11 is 6.11. The van der Waals surface area contributed by atoms with Crippen LogP contribution in [0.5, 0.6) is 0 Å². The van der Waals surface area contributed by atoms with Gasteiger partial charge >= 0.3 is 6.03 Å². The number of para-hydroxylation sites is 1. The second-order valence-electron chi connectivity index (χ2n) is 5.30. The molecular formula is C17H16ClN3O2. The van der Waals surface area contributed by atoms with Crippen LogP contribution in [0.1, 0.15) is 11.3 Å². The molecule has 1 heterocycles. The Bertz CT molecular complexity index is 860. The number of halogens is 1. The van der Waals surface area contributed by atoms with Gasteiger partial charge in [0.2, 0.25) is 0 Å². The highest BCUT2D eigenvalue weighted by molar-refractivity contribution is 6.33. The largest absolute Gasteiger partial charge is 0.356 e. The Morgan fingerprint density at radius 3 is 2.87 bits per heavy atom. The fraction of sp³-hybridized carbons (Fsp3) is 0.176. The number of hydrogen-bond donors (Lipinski definition) is 1. The molecule has 0 spiro atoms. The number of nitrogens with one attached hydrogen (secondary N) is 1. The van der Waals surface area contributed by atoms with Crippen LogP contribution >= 0.6 is 11.6 Å². The van der Waals surface area contributed by atoms with Crippen molar-refractivity contribution >= 4 is 34.3 Å². The lowest BCUT2D eigenvalue weighted by atomic mass is 10.1. The molecule has 2 amide bonds. The molecule has 0 aliphatic carbocycles. The number of fused-ring (bicyclic) bond motifs is 1. The molecule has 0 aliphatic heterocycles. The van der Waals surface area contributed by atoms with E-state index in [1.165, 1.54) is 4.90 Å². The number of aryl methyl sites for hydroxylation is 1. The fourth-order valence-corrected chi connectivity index (χ4v) is 2.60. The molecule has 0 atom stereocenters. The molecule has 2 aromatic carbocycles. The third-order valence-electron chi connectivity index (χ3n) is 3.63. The van der Waals surface area contributed by atoms with Gasteiger partial charge < -0.3 is 9.84 Å². The van der Waals surface area contributed by atoms with Gasteiger partial charge in [-0.3, -0.25) is 4.90 Å². The van der Waals surface area contributed by atoms with Gasteiger partial charge in [0.15, 0.2) is 5.58 Å². The van der Waals surface area contributed by atoms with Gasteiger partial charge in [-0.15, -0.1) is 0 Å². The maximum atomic E-state index is 12.3. The first kappa shape index (κ1) is 15.4. The smallest absolute Gasteiger partial charge is 0.321 e. The van der Waals surface area contributed by atoms with E-state index in [1.54, 1.807) is 19.2 Å². The van der Waals surface area contributed by atoms with E-state index in [2.05, 4.69) is 10.5 Å². The Morgan fingerprint density at radius 1 is 1.30 bits per heavy atom. The highest BCUT2D eigenvalue weighted by atomic mass is 35.5. The number of rotatable bonds is 3. The van der Waals surface area contributed by atoms with E-state index < -0.39 is 0 Å². The third kappa shape index (κ3) is 3.14. The number of hydrogen-bond acceptors (Lipinski definition) is 3. The van der Waals surface area contributed by atoms with E-state index in [9.17, 15) is 4.79 Å². The van der Waals surface area contributed by atoms with E-state index >= 15 is 0 Å². The van der Waals surface area contributed by atoms with Crippen LogP contribution < -0.4 is 10.2 Å². The maximum absolute atomic E-state index is 12.3. The van der Waals surface area contributed by atoms with E-state index in [0.717, 1.165) is 10.9 Å². The minimum absolute atomic E-state index is 0.262. The van der Waals surface area contributed by atoms with E-state index in [-0.39, 0.29) is 12.6 Å². The number of amides is 2. The number of carbonyl (C=O) groups excluding carboxylic acids is 1. The highest BCUT2D eigenvalue weighted by Crippen LogP contribution is 2.24. The van der Waals surface area contributed by atoms with E-state index in [1.807, 2.05) is 37.3 Å². The van der Waals surface area contributed by atoms with Crippen LogP contribution in [0.15, 0.2) is 47.0 Å². The molecule has 1 aromatic heterocycles. The standard InChI is InChI=1S/C17H16ClN3O2/c1-11-7-8-16-12(9-11)14(20-23-16)10-19-17(22)21(2)15-6-4-3-5-13(15)18/h3-9H,10H2,1-2H3,(H,19,22). The van der Waals surface area contributed by atoms with Crippen LogP contribution in [0, 0.1) is 6.92 Å². The molecule has 0 saturated carbocycles. The van der Waals surface area contributed by atoms with Gasteiger partial charge in [0, 0.05) is 12.4 Å². The summed E-state index contributed by atoms with van der Waals surface area (Å²) in [5, 5.41) is 8.28. The zero-order chi connectivity index (χ0) is 16.4. The third-order valence-corrected chi connectivity index (χ3v) is 3.95. The molecule has 118 valence electrons. The summed E-state index contributed by atoms with van der Waals surface area (Å²) < 4.78 is 5.26. The number of urea groups is 1. The number of nitrogens with zero attached hydrogens (tertiary/aromatic N) is 2. The summed E-state index contributed by atoms with van der Waals surface area (Å²) in [5.74, 6) is 0. The molecule has 0 aliphatic rings. The predicted octanol–water partition coefficient (Wildman–Crippen LogP) is 4.14. The highest BCUT2D eigenvalue weighted by Gasteiger charge is 2.15. The Hall–Kier alpha value is -2.53. The zero-order valence-electron chi connectivity index (χ0n) is 12.8. The van der Waals surface area contributed by atoms with Crippen LogP contribution in [0.3, 0.4) is 0 Å². The molecule has 23 heavy (non-hydrogen) atoms. The maximum Gasteiger partial charge on any atom is 0.321 e. The average molecular weight is 330 g/mol. The van der Waals surface area contributed by atoms with Gasteiger partial charge in [0.25, 0.3) is 0 Å². The Labute approximate surface area is 138 Å². The molecule has 3 rings (SSSR count). The molecule has 0 unspecified atom stereocenters. The molecular weight excluding hydrogens is 314 g/mol. The number of aromatic nitrogens is 1. The predicted molar refractivity (Wildman–Crippen MR) is 90.8 cm³/mol. The fourth-order valence-electron chi connectivity index (χ4n) is 2.34. The first-order valence-electron chi connectivity index (χ1n) is 7.17. The molecule has 6 heteroatoms. The summed E-state index contributed by atoms with van der Waals surface area (Å²) in [6.45, 7) is 2.28. The number of carbonyl (C=O) groups is 1. The van der Waals surface area contributed by atoms with Crippen molar-refractivity contribution in [1.29, 1.82) is 0 Å². The molecule has 0 bridgehead atoms. The lowest BCUT2D eigenvalue weighted by Crippen LogP contribution is -2.37. The SMILES string of the molecule is Cc1ccc2onc(CNC(=O)N(C)c3ccccc3Cl)c2c1. The minimum atomic E-state index is -0.262. The Balaban J connectivity index is 1.73. The van der Waals surface area contributed by atoms with Crippen molar-refractivity contribution in [3.05, 3.63) is 58.7 Å². The van der Waals surface area contributed by atoms with Crippen LogP contribution in [0.4, 0.5) is 10.5 Å². The van der Waals surface area contributed by atoms with E-state index in [0.29, 0.717) is 22.0 Å². The lowest BCUT2D eigenvalue weighted by Gasteiger charge is -2.18. The summed E-state index contributed by atoms with van der Waals surface area (Å²) in [7, 11) is 1.67. The molecule has 3 aromatic rings. The first-order chi connectivity index (χ1) is 11.1. The van der Waals surface area contributed by atoms with Gasteiger partial charge in [0.05, 0.1) is 17.3 Å². The summed E-state index contributed by atoms with van der Waals surface area (Å²) in [5.41, 5.74) is 3.16. The second-order valence-corrected chi connectivity index (χ2v) is 5.71. The quantitative estimate of drug-likeness (QED) is 0.785. The monoisotopic (exact) mass is 329 g/mol. The summed E-state index contributed by atoms with van der Waals surface area (Å²) in [4.78, 5) is 13.8. The molecule has 0 radical (unpaired) electrons.